The summed E-state index contributed by atoms with van der Waals surface area (Å²) in [6.07, 6.45) is 0. The van der Waals surface area contributed by atoms with Crippen LogP contribution >= 0.6 is 0 Å². The predicted molar refractivity (Wildman–Crippen MR) is 79.2 cm³/mol. The Bertz CT molecular complexity index is 650. The van der Waals surface area contributed by atoms with E-state index in [9.17, 15) is 4.79 Å². The van der Waals surface area contributed by atoms with Crippen LogP contribution in [0.25, 0.3) is 0 Å². The Morgan fingerprint density at radius 1 is 1.20 bits per heavy atom. The van der Waals surface area contributed by atoms with Crippen molar-refractivity contribution in [2.75, 3.05) is 23.8 Å². The predicted octanol–water partition coefficient (Wildman–Crippen LogP) is 2.62. The summed E-state index contributed by atoms with van der Waals surface area (Å²) in [5, 5.41) is 0. The van der Waals surface area contributed by atoms with Gasteiger partial charge in [0.15, 0.2) is 0 Å². The first kappa shape index (κ1) is 12.5. The van der Waals surface area contributed by atoms with Crippen LogP contribution in [0, 0.1) is 6.92 Å². The van der Waals surface area contributed by atoms with Crippen LogP contribution in [0.1, 0.15) is 15.9 Å². The SMILES string of the molecule is Cc1ccc(C(=O)N2CCOc3cc(N)ccc32)cc1. The van der Waals surface area contributed by atoms with Crippen LogP contribution in [0.15, 0.2) is 42.5 Å². The standard InChI is InChI=1S/C16H16N2O2/c1-11-2-4-12(5-3-11)16(19)18-8-9-20-15-10-13(17)6-7-14(15)18/h2-7,10H,8-9,17H2,1H3. The smallest absolute Gasteiger partial charge is 0.258 e. The molecule has 1 aliphatic rings. The van der Waals surface area contributed by atoms with E-state index in [0.717, 1.165) is 11.3 Å². The van der Waals surface area contributed by atoms with Crippen molar-refractivity contribution in [3.05, 3.63) is 53.6 Å². The molecule has 2 aromatic rings. The topological polar surface area (TPSA) is 55.6 Å². The fourth-order valence-electron chi connectivity index (χ4n) is 2.30. The second-order valence-electron chi connectivity index (χ2n) is 4.90. The van der Waals surface area contributed by atoms with E-state index in [1.165, 1.54) is 0 Å². The molecule has 4 nitrogen and oxygen atoms in total. The van der Waals surface area contributed by atoms with E-state index in [1.54, 1.807) is 17.0 Å². The number of aryl methyl sites for hydroxylation is 1. The van der Waals surface area contributed by atoms with E-state index in [1.807, 2.05) is 37.3 Å². The van der Waals surface area contributed by atoms with Crippen LogP contribution in [0.4, 0.5) is 11.4 Å². The molecule has 3 rings (SSSR count). The summed E-state index contributed by atoms with van der Waals surface area (Å²) in [4.78, 5) is 14.3. The largest absolute Gasteiger partial charge is 0.489 e. The molecule has 0 saturated heterocycles. The number of hydrogen-bond donors (Lipinski definition) is 1. The van der Waals surface area contributed by atoms with Gasteiger partial charge in [0.2, 0.25) is 0 Å². The number of nitrogens with zero attached hydrogens (tertiary/aromatic N) is 1. The summed E-state index contributed by atoms with van der Waals surface area (Å²) in [7, 11) is 0. The summed E-state index contributed by atoms with van der Waals surface area (Å²) in [5.74, 6) is 0.649. The van der Waals surface area contributed by atoms with Crippen molar-refractivity contribution in [2.45, 2.75) is 6.92 Å². The van der Waals surface area contributed by atoms with E-state index in [-0.39, 0.29) is 5.91 Å². The number of nitrogen functional groups attached to an aromatic ring is 1. The molecule has 0 saturated carbocycles. The van der Waals surface area contributed by atoms with Crippen LogP contribution in [0.3, 0.4) is 0 Å². The number of carbonyl (C=O) groups is 1. The third-order valence-corrected chi connectivity index (χ3v) is 3.39. The number of rotatable bonds is 1. The fraction of sp³-hybridized carbons (Fsp3) is 0.188. The molecule has 0 bridgehead atoms. The molecule has 0 radical (unpaired) electrons. The van der Waals surface area contributed by atoms with Crippen LogP contribution in [0.5, 0.6) is 5.75 Å². The zero-order chi connectivity index (χ0) is 14.1. The number of carbonyl (C=O) groups excluding carboxylic acids is 1. The van der Waals surface area contributed by atoms with Crippen molar-refractivity contribution < 1.29 is 9.53 Å². The number of benzene rings is 2. The third kappa shape index (κ3) is 2.20. The van der Waals surface area contributed by atoms with E-state index in [0.29, 0.717) is 30.2 Å². The maximum absolute atomic E-state index is 12.6. The molecule has 0 fully saturated rings. The quantitative estimate of drug-likeness (QED) is 0.809. The van der Waals surface area contributed by atoms with Crippen LogP contribution < -0.4 is 15.4 Å². The molecule has 2 N–H and O–H groups in total. The van der Waals surface area contributed by atoms with E-state index in [4.69, 9.17) is 10.5 Å². The van der Waals surface area contributed by atoms with Gasteiger partial charge in [0, 0.05) is 17.3 Å². The third-order valence-electron chi connectivity index (χ3n) is 3.39. The molecule has 0 atom stereocenters. The lowest BCUT2D eigenvalue weighted by molar-refractivity contribution is 0.0976. The van der Waals surface area contributed by atoms with Gasteiger partial charge in [-0.1, -0.05) is 17.7 Å². The van der Waals surface area contributed by atoms with E-state index >= 15 is 0 Å². The molecule has 102 valence electrons. The van der Waals surface area contributed by atoms with Gasteiger partial charge in [-0.25, -0.2) is 0 Å². The molecule has 0 aliphatic carbocycles. The second kappa shape index (κ2) is 4.89. The van der Waals surface area contributed by atoms with Gasteiger partial charge in [-0.2, -0.15) is 0 Å². The molecular weight excluding hydrogens is 252 g/mol. The monoisotopic (exact) mass is 268 g/mol. The van der Waals surface area contributed by atoms with Gasteiger partial charge in [-0.3, -0.25) is 4.79 Å². The average molecular weight is 268 g/mol. The van der Waals surface area contributed by atoms with Crippen molar-refractivity contribution in [3.63, 3.8) is 0 Å². The number of nitrogens with two attached hydrogens (primary N) is 1. The van der Waals surface area contributed by atoms with Crippen LogP contribution in [-0.4, -0.2) is 19.1 Å². The first-order valence-corrected chi connectivity index (χ1v) is 6.56. The number of ether oxygens (including phenoxy) is 1. The summed E-state index contributed by atoms with van der Waals surface area (Å²) in [6.45, 7) is 3.03. The Balaban J connectivity index is 1.96. The minimum atomic E-state index is -0.0145. The number of fused-ring (bicyclic) bond motifs is 1. The maximum atomic E-state index is 12.6. The Morgan fingerprint density at radius 3 is 2.70 bits per heavy atom. The van der Waals surface area contributed by atoms with Gasteiger partial charge >= 0.3 is 0 Å². The maximum Gasteiger partial charge on any atom is 0.258 e. The van der Waals surface area contributed by atoms with Gasteiger partial charge in [0.25, 0.3) is 5.91 Å². The van der Waals surface area contributed by atoms with Crippen LogP contribution in [0.2, 0.25) is 0 Å². The Morgan fingerprint density at radius 2 is 1.95 bits per heavy atom. The zero-order valence-electron chi connectivity index (χ0n) is 11.3. The Hall–Kier alpha value is -2.49. The first-order valence-electron chi connectivity index (χ1n) is 6.56. The molecule has 1 heterocycles. The molecular formula is C16H16N2O2. The average Bonchev–Trinajstić information content (AvgIpc) is 2.46. The van der Waals surface area contributed by atoms with Crippen molar-refractivity contribution >= 4 is 17.3 Å². The van der Waals surface area contributed by atoms with Gasteiger partial charge in [0.1, 0.15) is 12.4 Å². The highest BCUT2D eigenvalue weighted by molar-refractivity contribution is 6.07. The highest BCUT2D eigenvalue weighted by atomic mass is 16.5. The molecule has 4 heteroatoms. The number of hydrogen-bond acceptors (Lipinski definition) is 3. The normalized spacial score (nSPS) is 13.6. The summed E-state index contributed by atoms with van der Waals surface area (Å²) in [6, 6.07) is 13.0. The minimum Gasteiger partial charge on any atom is -0.489 e. The fourth-order valence-corrected chi connectivity index (χ4v) is 2.30. The summed E-state index contributed by atoms with van der Waals surface area (Å²) >= 11 is 0. The van der Waals surface area contributed by atoms with E-state index < -0.39 is 0 Å². The van der Waals surface area contributed by atoms with Crippen LogP contribution in [-0.2, 0) is 0 Å². The first-order chi connectivity index (χ1) is 9.65. The minimum absolute atomic E-state index is 0.0145. The molecule has 0 unspecified atom stereocenters. The molecule has 2 aromatic carbocycles. The highest BCUT2D eigenvalue weighted by Gasteiger charge is 2.24. The van der Waals surface area contributed by atoms with E-state index in [2.05, 4.69) is 0 Å². The number of anilines is 2. The van der Waals surface area contributed by atoms with Gasteiger partial charge in [-0.05, 0) is 31.2 Å². The zero-order valence-corrected chi connectivity index (χ0v) is 11.3. The number of amides is 1. The lowest BCUT2D eigenvalue weighted by Gasteiger charge is -2.29. The van der Waals surface area contributed by atoms with Gasteiger partial charge in [0.05, 0.1) is 12.2 Å². The molecule has 0 spiro atoms. The van der Waals surface area contributed by atoms with Gasteiger partial charge < -0.3 is 15.4 Å². The summed E-state index contributed by atoms with van der Waals surface area (Å²) in [5.41, 5.74) is 8.97. The lowest BCUT2D eigenvalue weighted by atomic mass is 10.1. The molecule has 1 amide bonds. The Kier molecular flexibility index (Phi) is 3.06. The highest BCUT2D eigenvalue weighted by Crippen LogP contribution is 2.34. The molecule has 1 aliphatic heterocycles. The molecule has 20 heavy (non-hydrogen) atoms. The summed E-state index contributed by atoms with van der Waals surface area (Å²) < 4.78 is 5.57. The van der Waals surface area contributed by atoms with Crippen molar-refractivity contribution in [1.82, 2.24) is 0 Å². The molecule has 0 aromatic heterocycles. The van der Waals surface area contributed by atoms with Crippen molar-refractivity contribution in [2.24, 2.45) is 0 Å². The lowest BCUT2D eigenvalue weighted by Crippen LogP contribution is -2.37. The van der Waals surface area contributed by atoms with Crippen molar-refractivity contribution in [3.8, 4) is 5.75 Å². The Labute approximate surface area is 117 Å². The van der Waals surface area contributed by atoms with Gasteiger partial charge in [-0.15, -0.1) is 0 Å². The second-order valence-corrected chi connectivity index (χ2v) is 4.90. The van der Waals surface area contributed by atoms with Crippen molar-refractivity contribution in [1.29, 1.82) is 0 Å².